The third kappa shape index (κ3) is 3.91. The highest BCUT2D eigenvalue weighted by Gasteiger charge is 2.22. The van der Waals surface area contributed by atoms with Gasteiger partial charge in [0.05, 0.1) is 6.61 Å². The van der Waals surface area contributed by atoms with Crippen LogP contribution in [0.15, 0.2) is 12.7 Å². The zero-order valence-electron chi connectivity index (χ0n) is 6.41. The Morgan fingerprint density at radius 1 is 1.82 bits per heavy atom. The summed E-state index contributed by atoms with van der Waals surface area (Å²) in [5.41, 5.74) is 0. The van der Waals surface area contributed by atoms with Crippen molar-refractivity contribution in [2.45, 2.75) is 19.1 Å². The normalized spacial score (nSPS) is 21.3. The summed E-state index contributed by atoms with van der Waals surface area (Å²) in [5.74, 6) is 0.0744. The van der Waals surface area contributed by atoms with Crippen LogP contribution in [-0.4, -0.2) is 25.3 Å². The largest absolute Gasteiger partial charge is 0.350 e. The standard InChI is InChI=1S/C8H12O3/c1-2-7(9)4-3-5-10-8-6-11-8/h2,8H,1,3-6H2. The molecule has 3 heteroatoms. The Hall–Kier alpha value is -0.670. The summed E-state index contributed by atoms with van der Waals surface area (Å²) in [6.45, 7) is 4.68. The van der Waals surface area contributed by atoms with Crippen molar-refractivity contribution in [2.75, 3.05) is 13.2 Å². The highest BCUT2D eigenvalue weighted by molar-refractivity contribution is 5.88. The molecule has 0 spiro atoms. The van der Waals surface area contributed by atoms with Gasteiger partial charge in [-0.05, 0) is 12.5 Å². The first-order valence-electron chi connectivity index (χ1n) is 3.71. The average Bonchev–Trinajstić information content (AvgIpc) is 2.81. The van der Waals surface area contributed by atoms with Crippen LogP contribution >= 0.6 is 0 Å². The third-order valence-corrected chi connectivity index (χ3v) is 1.40. The van der Waals surface area contributed by atoms with E-state index in [1.807, 2.05) is 0 Å². The minimum atomic E-state index is 0.00818. The van der Waals surface area contributed by atoms with E-state index in [1.54, 1.807) is 0 Å². The van der Waals surface area contributed by atoms with E-state index in [9.17, 15) is 4.79 Å². The van der Waals surface area contributed by atoms with Crippen molar-refractivity contribution in [3.05, 3.63) is 12.7 Å². The molecule has 0 amide bonds. The first kappa shape index (κ1) is 8.43. The molecule has 11 heavy (non-hydrogen) atoms. The summed E-state index contributed by atoms with van der Waals surface area (Å²) in [6, 6.07) is 0. The van der Waals surface area contributed by atoms with Crippen molar-refractivity contribution in [3.8, 4) is 0 Å². The van der Waals surface area contributed by atoms with Gasteiger partial charge in [0.1, 0.15) is 6.61 Å². The summed E-state index contributed by atoms with van der Waals surface area (Å²) in [5, 5.41) is 0. The van der Waals surface area contributed by atoms with Crippen LogP contribution in [0.2, 0.25) is 0 Å². The number of allylic oxidation sites excluding steroid dienone is 1. The fourth-order valence-corrected chi connectivity index (χ4v) is 0.699. The maximum atomic E-state index is 10.7. The smallest absolute Gasteiger partial charge is 0.181 e. The molecule has 0 aromatic rings. The van der Waals surface area contributed by atoms with E-state index in [4.69, 9.17) is 9.47 Å². The molecule has 1 heterocycles. The molecule has 1 saturated heterocycles. The van der Waals surface area contributed by atoms with E-state index >= 15 is 0 Å². The van der Waals surface area contributed by atoms with E-state index in [1.165, 1.54) is 6.08 Å². The quantitative estimate of drug-likeness (QED) is 0.326. The van der Waals surface area contributed by atoms with Crippen LogP contribution in [0, 0.1) is 0 Å². The van der Waals surface area contributed by atoms with Gasteiger partial charge in [-0.3, -0.25) is 4.79 Å². The average molecular weight is 156 g/mol. The predicted octanol–water partition coefficient (Wildman–Crippen LogP) is 0.895. The minimum absolute atomic E-state index is 0.00818. The zero-order chi connectivity index (χ0) is 8.10. The Morgan fingerprint density at radius 2 is 2.55 bits per heavy atom. The van der Waals surface area contributed by atoms with Gasteiger partial charge in [0.15, 0.2) is 12.1 Å². The second kappa shape index (κ2) is 4.26. The second-order valence-corrected chi connectivity index (χ2v) is 2.41. The molecule has 3 nitrogen and oxygen atoms in total. The first-order chi connectivity index (χ1) is 5.33. The van der Waals surface area contributed by atoms with Gasteiger partial charge in [-0.25, -0.2) is 0 Å². The van der Waals surface area contributed by atoms with Gasteiger partial charge in [0, 0.05) is 6.42 Å². The molecule has 0 aromatic carbocycles. The summed E-state index contributed by atoms with van der Waals surface area (Å²) >= 11 is 0. The fourth-order valence-electron chi connectivity index (χ4n) is 0.699. The molecule has 0 radical (unpaired) electrons. The lowest BCUT2D eigenvalue weighted by Crippen LogP contribution is -2.00. The van der Waals surface area contributed by atoms with Crippen LogP contribution in [0.5, 0.6) is 0 Å². The molecule has 0 saturated carbocycles. The van der Waals surface area contributed by atoms with E-state index in [-0.39, 0.29) is 12.1 Å². The predicted molar refractivity (Wildman–Crippen MR) is 40.1 cm³/mol. The van der Waals surface area contributed by atoms with Gasteiger partial charge in [0.25, 0.3) is 0 Å². The highest BCUT2D eigenvalue weighted by atomic mass is 16.8. The number of rotatable bonds is 6. The maximum Gasteiger partial charge on any atom is 0.181 e. The van der Waals surface area contributed by atoms with Gasteiger partial charge in [0.2, 0.25) is 0 Å². The van der Waals surface area contributed by atoms with E-state index in [2.05, 4.69) is 6.58 Å². The lowest BCUT2D eigenvalue weighted by molar-refractivity contribution is -0.115. The molecule has 1 atom stereocenters. The Kier molecular flexibility index (Phi) is 3.26. The van der Waals surface area contributed by atoms with Gasteiger partial charge in [-0.15, -0.1) is 0 Å². The summed E-state index contributed by atoms with van der Waals surface area (Å²) < 4.78 is 9.95. The van der Waals surface area contributed by atoms with Crippen LogP contribution in [0.1, 0.15) is 12.8 Å². The van der Waals surface area contributed by atoms with Gasteiger partial charge in [-0.1, -0.05) is 6.58 Å². The molecule has 0 aliphatic carbocycles. The van der Waals surface area contributed by atoms with E-state index in [0.29, 0.717) is 19.6 Å². The van der Waals surface area contributed by atoms with E-state index < -0.39 is 0 Å². The van der Waals surface area contributed by atoms with Crippen LogP contribution in [0.25, 0.3) is 0 Å². The number of hydrogen-bond donors (Lipinski definition) is 0. The van der Waals surface area contributed by atoms with Crippen molar-refractivity contribution in [1.82, 2.24) is 0 Å². The molecule has 0 bridgehead atoms. The minimum Gasteiger partial charge on any atom is -0.350 e. The van der Waals surface area contributed by atoms with Crippen molar-refractivity contribution >= 4 is 5.78 Å². The number of ether oxygens (including phenoxy) is 2. The molecular weight excluding hydrogens is 144 g/mol. The maximum absolute atomic E-state index is 10.7. The van der Waals surface area contributed by atoms with Crippen LogP contribution in [-0.2, 0) is 14.3 Å². The summed E-state index contributed by atoms with van der Waals surface area (Å²) in [4.78, 5) is 10.7. The monoisotopic (exact) mass is 156 g/mol. The molecule has 1 aliphatic rings. The number of epoxide rings is 1. The summed E-state index contributed by atoms with van der Waals surface area (Å²) in [6.07, 6.45) is 2.63. The molecule has 62 valence electrons. The van der Waals surface area contributed by atoms with Gasteiger partial charge in [-0.2, -0.15) is 0 Å². The van der Waals surface area contributed by atoms with Crippen molar-refractivity contribution in [2.24, 2.45) is 0 Å². The second-order valence-electron chi connectivity index (χ2n) is 2.41. The van der Waals surface area contributed by atoms with Crippen molar-refractivity contribution in [3.63, 3.8) is 0 Å². The Balaban J connectivity index is 1.86. The fraction of sp³-hybridized carbons (Fsp3) is 0.625. The Bertz CT molecular complexity index is 149. The molecule has 1 rings (SSSR count). The van der Waals surface area contributed by atoms with Gasteiger partial charge < -0.3 is 9.47 Å². The van der Waals surface area contributed by atoms with Crippen LogP contribution in [0.4, 0.5) is 0 Å². The lowest BCUT2D eigenvalue weighted by atomic mass is 10.2. The van der Waals surface area contributed by atoms with Gasteiger partial charge >= 0.3 is 0 Å². The highest BCUT2D eigenvalue weighted by Crippen LogP contribution is 2.10. The lowest BCUT2D eigenvalue weighted by Gasteiger charge is -1.96. The third-order valence-electron chi connectivity index (χ3n) is 1.40. The van der Waals surface area contributed by atoms with Crippen molar-refractivity contribution < 1.29 is 14.3 Å². The summed E-state index contributed by atoms with van der Waals surface area (Å²) in [7, 11) is 0. The topological polar surface area (TPSA) is 38.8 Å². The molecule has 1 fully saturated rings. The van der Waals surface area contributed by atoms with Crippen LogP contribution in [0.3, 0.4) is 0 Å². The molecule has 1 unspecified atom stereocenters. The zero-order valence-corrected chi connectivity index (χ0v) is 6.41. The number of carbonyl (C=O) groups excluding carboxylic acids is 1. The van der Waals surface area contributed by atoms with E-state index in [0.717, 1.165) is 6.42 Å². The Morgan fingerprint density at radius 3 is 3.09 bits per heavy atom. The number of hydrogen-bond acceptors (Lipinski definition) is 3. The van der Waals surface area contributed by atoms with Crippen LogP contribution < -0.4 is 0 Å². The SMILES string of the molecule is C=CC(=O)CCCOC1CO1. The molecule has 0 N–H and O–H groups in total. The Labute approximate surface area is 66.0 Å². The first-order valence-corrected chi connectivity index (χ1v) is 3.71. The van der Waals surface area contributed by atoms with Crippen molar-refractivity contribution in [1.29, 1.82) is 0 Å². The number of carbonyl (C=O) groups is 1. The molecular formula is C8H12O3. The number of ketones is 1. The molecule has 1 aliphatic heterocycles. The molecule has 0 aromatic heterocycles.